The van der Waals surface area contributed by atoms with Gasteiger partial charge in [0, 0.05) is 18.6 Å². The van der Waals surface area contributed by atoms with Crippen LogP contribution in [0, 0.1) is 0 Å². The quantitative estimate of drug-likeness (QED) is 0.653. The summed E-state index contributed by atoms with van der Waals surface area (Å²) in [5.74, 6) is 0.330. The molecular weight excluding hydrogens is 420 g/mol. The van der Waals surface area contributed by atoms with Crippen LogP contribution in [0.4, 0.5) is 4.79 Å². The second kappa shape index (κ2) is 11.6. The molecule has 3 atom stereocenters. The number of ether oxygens (including phenoxy) is 3. The zero-order chi connectivity index (χ0) is 21.5. The maximum Gasteiger partial charge on any atom is 0.411 e. The van der Waals surface area contributed by atoms with E-state index >= 15 is 0 Å². The highest BCUT2D eigenvalue weighted by atomic mass is 35.5. The van der Waals surface area contributed by atoms with Gasteiger partial charge in [0.25, 0.3) is 0 Å². The first-order chi connectivity index (χ1) is 14.5. The van der Waals surface area contributed by atoms with Gasteiger partial charge in [-0.15, -0.1) is 12.4 Å². The van der Waals surface area contributed by atoms with Crippen LogP contribution >= 0.6 is 12.4 Å². The number of carbonyl (C=O) groups is 2. The number of rotatable bonds is 7. The third-order valence-electron chi connectivity index (χ3n) is 5.34. The van der Waals surface area contributed by atoms with Crippen molar-refractivity contribution in [1.82, 2.24) is 10.2 Å². The van der Waals surface area contributed by atoms with Gasteiger partial charge in [0.15, 0.2) is 0 Å². The summed E-state index contributed by atoms with van der Waals surface area (Å²) in [6.07, 6.45) is 0.103. The molecule has 0 unspecified atom stereocenters. The van der Waals surface area contributed by atoms with E-state index in [1.807, 2.05) is 61.5 Å². The Hall–Kier alpha value is -2.77. The first kappa shape index (κ1) is 24.5. The van der Waals surface area contributed by atoms with Gasteiger partial charge in [0.2, 0.25) is 0 Å². The Labute approximate surface area is 189 Å². The molecule has 0 aliphatic carbocycles. The zero-order valence-electron chi connectivity index (χ0n) is 17.9. The van der Waals surface area contributed by atoms with Gasteiger partial charge in [0.05, 0.1) is 14.2 Å². The van der Waals surface area contributed by atoms with E-state index in [9.17, 15) is 9.59 Å². The van der Waals surface area contributed by atoms with E-state index in [0.29, 0.717) is 13.0 Å². The number of esters is 1. The molecule has 1 N–H and O–H groups in total. The Balaban J connectivity index is 0.00000341. The molecule has 1 amide bonds. The van der Waals surface area contributed by atoms with Crippen molar-refractivity contribution in [2.75, 3.05) is 14.2 Å². The molecule has 0 radical (unpaired) electrons. The molecule has 0 aromatic heterocycles. The Bertz CT molecular complexity index is 847. The van der Waals surface area contributed by atoms with Crippen molar-refractivity contribution in [3.63, 3.8) is 0 Å². The molecule has 7 nitrogen and oxygen atoms in total. The van der Waals surface area contributed by atoms with E-state index < -0.39 is 18.1 Å². The SMILES string of the molecule is COC(=O)[C@H]1[C@@H](NCc2ccc(OC)cc2)C[C@@H](C)N1C(=O)OCc1ccccc1.Cl. The van der Waals surface area contributed by atoms with Crippen LogP contribution in [0.25, 0.3) is 0 Å². The summed E-state index contributed by atoms with van der Waals surface area (Å²) in [5.41, 5.74) is 1.94. The molecular formula is C23H29ClN2O5. The number of likely N-dealkylation sites (tertiary alicyclic amines) is 1. The highest BCUT2D eigenvalue weighted by Gasteiger charge is 2.47. The summed E-state index contributed by atoms with van der Waals surface area (Å²) in [5, 5.41) is 3.40. The van der Waals surface area contributed by atoms with Crippen molar-refractivity contribution in [3.8, 4) is 5.75 Å². The maximum absolute atomic E-state index is 12.8. The van der Waals surface area contributed by atoms with E-state index in [4.69, 9.17) is 14.2 Å². The lowest BCUT2D eigenvalue weighted by atomic mass is 10.1. The highest BCUT2D eigenvalue weighted by molar-refractivity contribution is 5.85. The van der Waals surface area contributed by atoms with Crippen LogP contribution in [0.3, 0.4) is 0 Å². The lowest BCUT2D eigenvalue weighted by Crippen LogP contribution is -2.51. The van der Waals surface area contributed by atoms with Crippen LogP contribution in [-0.4, -0.2) is 49.3 Å². The average Bonchev–Trinajstić information content (AvgIpc) is 3.12. The summed E-state index contributed by atoms with van der Waals surface area (Å²) in [4.78, 5) is 26.8. The normalized spacial score (nSPS) is 20.0. The number of hydrogen-bond donors (Lipinski definition) is 1. The fraction of sp³-hybridized carbons (Fsp3) is 0.391. The maximum atomic E-state index is 12.8. The highest BCUT2D eigenvalue weighted by Crippen LogP contribution is 2.27. The van der Waals surface area contributed by atoms with Crippen LogP contribution in [0.2, 0.25) is 0 Å². The summed E-state index contributed by atoms with van der Waals surface area (Å²) in [6.45, 7) is 2.62. The van der Waals surface area contributed by atoms with E-state index in [1.54, 1.807) is 7.11 Å². The van der Waals surface area contributed by atoms with Gasteiger partial charge in [-0.25, -0.2) is 9.59 Å². The Kier molecular flexibility index (Phi) is 9.15. The Morgan fingerprint density at radius 1 is 1.03 bits per heavy atom. The van der Waals surface area contributed by atoms with Gasteiger partial charge in [0.1, 0.15) is 18.4 Å². The topological polar surface area (TPSA) is 77.1 Å². The number of nitrogens with one attached hydrogen (secondary N) is 1. The number of carbonyl (C=O) groups excluding carboxylic acids is 2. The molecule has 0 bridgehead atoms. The van der Waals surface area contributed by atoms with Crippen LogP contribution in [0.1, 0.15) is 24.5 Å². The second-order valence-corrected chi connectivity index (χ2v) is 7.34. The minimum absolute atomic E-state index is 0. The van der Waals surface area contributed by atoms with Gasteiger partial charge in [-0.2, -0.15) is 0 Å². The number of amides is 1. The number of benzene rings is 2. The molecule has 1 fully saturated rings. The first-order valence-electron chi connectivity index (χ1n) is 9.96. The molecule has 1 aliphatic heterocycles. The van der Waals surface area contributed by atoms with E-state index in [2.05, 4.69) is 5.32 Å². The predicted octanol–water partition coefficient (Wildman–Crippen LogP) is 3.55. The molecule has 168 valence electrons. The number of halogens is 1. The lowest BCUT2D eigenvalue weighted by Gasteiger charge is -2.28. The van der Waals surface area contributed by atoms with Crippen molar-refractivity contribution < 1.29 is 23.8 Å². The van der Waals surface area contributed by atoms with Crippen molar-refractivity contribution in [1.29, 1.82) is 0 Å². The van der Waals surface area contributed by atoms with Crippen LogP contribution in [0.15, 0.2) is 54.6 Å². The third-order valence-corrected chi connectivity index (χ3v) is 5.34. The molecule has 2 aromatic carbocycles. The fourth-order valence-electron chi connectivity index (χ4n) is 3.75. The molecule has 0 spiro atoms. The van der Waals surface area contributed by atoms with Crippen molar-refractivity contribution in [2.45, 2.75) is 44.6 Å². The van der Waals surface area contributed by atoms with Crippen LogP contribution in [-0.2, 0) is 27.4 Å². The van der Waals surface area contributed by atoms with Crippen LogP contribution in [0.5, 0.6) is 5.75 Å². The molecule has 0 saturated carbocycles. The van der Waals surface area contributed by atoms with Gasteiger partial charge in [-0.1, -0.05) is 42.5 Å². The number of methoxy groups -OCH3 is 2. The minimum Gasteiger partial charge on any atom is -0.497 e. The smallest absolute Gasteiger partial charge is 0.411 e. The molecule has 2 aromatic rings. The van der Waals surface area contributed by atoms with Crippen molar-refractivity contribution in [3.05, 3.63) is 65.7 Å². The second-order valence-electron chi connectivity index (χ2n) is 7.34. The standard InChI is InChI=1S/C23H28N2O5.ClH/c1-16-13-20(24-14-17-9-11-19(28-2)12-10-17)21(22(26)29-3)25(16)23(27)30-15-18-7-5-4-6-8-18;/h4-12,16,20-21,24H,13-15H2,1-3H3;1H/t16-,20+,21-;/m1./s1. The number of nitrogens with zero attached hydrogens (tertiary/aromatic N) is 1. The summed E-state index contributed by atoms with van der Waals surface area (Å²) < 4.78 is 15.7. The Morgan fingerprint density at radius 3 is 2.32 bits per heavy atom. The summed E-state index contributed by atoms with van der Waals surface area (Å²) in [7, 11) is 2.96. The van der Waals surface area contributed by atoms with Crippen molar-refractivity contribution >= 4 is 24.5 Å². The molecule has 1 aliphatic rings. The third kappa shape index (κ3) is 6.12. The average molecular weight is 449 g/mol. The fourth-order valence-corrected chi connectivity index (χ4v) is 3.75. The molecule has 1 saturated heterocycles. The Morgan fingerprint density at radius 2 is 1.71 bits per heavy atom. The van der Waals surface area contributed by atoms with Crippen molar-refractivity contribution in [2.24, 2.45) is 0 Å². The predicted molar refractivity (Wildman–Crippen MR) is 119 cm³/mol. The minimum atomic E-state index is -0.744. The molecule has 31 heavy (non-hydrogen) atoms. The molecule has 3 rings (SSSR count). The first-order valence-corrected chi connectivity index (χ1v) is 9.96. The molecule has 8 heteroatoms. The van der Waals surface area contributed by atoms with Gasteiger partial charge >= 0.3 is 12.1 Å². The van der Waals surface area contributed by atoms with E-state index in [0.717, 1.165) is 16.9 Å². The van der Waals surface area contributed by atoms with Gasteiger partial charge in [-0.3, -0.25) is 4.90 Å². The zero-order valence-corrected chi connectivity index (χ0v) is 18.8. The largest absolute Gasteiger partial charge is 0.497 e. The van der Waals surface area contributed by atoms with Gasteiger partial charge in [-0.05, 0) is 36.6 Å². The van der Waals surface area contributed by atoms with E-state index in [1.165, 1.54) is 12.0 Å². The van der Waals surface area contributed by atoms with Gasteiger partial charge < -0.3 is 19.5 Å². The summed E-state index contributed by atoms with van der Waals surface area (Å²) in [6, 6.07) is 16.0. The number of hydrogen-bond acceptors (Lipinski definition) is 6. The van der Waals surface area contributed by atoms with Crippen LogP contribution < -0.4 is 10.1 Å². The monoisotopic (exact) mass is 448 g/mol. The summed E-state index contributed by atoms with van der Waals surface area (Å²) >= 11 is 0. The van der Waals surface area contributed by atoms with E-state index in [-0.39, 0.29) is 31.1 Å². The lowest BCUT2D eigenvalue weighted by molar-refractivity contribution is -0.146. The molecule has 1 heterocycles.